The summed E-state index contributed by atoms with van der Waals surface area (Å²) >= 11 is 0. The minimum Gasteiger partial charge on any atom is -0.455 e. The zero-order valence-corrected chi connectivity index (χ0v) is 25.1. The third kappa shape index (κ3) is 3.90. The SMILES string of the molecule is [2H]c1c([2H])c([2H])c2c(-c3c4ccccc4c(-c4ccc5oc6c7ccccc7ccc6c5c4)c4ccccc34)c([2H])c([2H])c(-c3ccccc3)c2c1[2H]. The zero-order valence-electron chi connectivity index (χ0n) is 31.1. The van der Waals surface area contributed by atoms with Gasteiger partial charge in [-0.1, -0.05) is 152 Å². The maximum atomic E-state index is 9.62. The molecule has 0 saturated carbocycles. The van der Waals surface area contributed by atoms with E-state index in [2.05, 4.69) is 48.5 Å². The van der Waals surface area contributed by atoms with Crippen LogP contribution >= 0.6 is 0 Å². The van der Waals surface area contributed by atoms with Gasteiger partial charge < -0.3 is 4.42 Å². The first-order valence-electron chi connectivity index (χ1n) is 18.7. The number of fused-ring (bicyclic) bond motifs is 8. The van der Waals surface area contributed by atoms with Gasteiger partial charge in [-0.05, 0) is 89.3 Å². The van der Waals surface area contributed by atoms with Gasteiger partial charge in [-0.25, -0.2) is 0 Å². The van der Waals surface area contributed by atoms with Gasteiger partial charge in [0.15, 0.2) is 0 Å². The predicted molar refractivity (Wildman–Crippen MR) is 200 cm³/mol. The number of benzene rings is 9. The quantitative estimate of drug-likeness (QED) is 0.183. The van der Waals surface area contributed by atoms with E-state index in [0.29, 0.717) is 22.3 Å². The Labute approximate surface area is 280 Å². The molecule has 0 saturated heterocycles. The largest absolute Gasteiger partial charge is 0.455 e. The lowest BCUT2D eigenvalue weighted by Crippen LogP contribution is -1.92. The normalized spacial score (nSPS) is 13.6. The van der Waals surface area contributed by atoms with Gasteiger partial charge in [-0.3, -0.25) is 0 Å². The third-order valence-corrected chi connectivity index (χ3v) is 9.39. The summed E-state index contributed by atoms with van der Waals surface area (Å²) in [7, 11) is 0. The van der Waals surface area contributed by atoms with Crippen molar-refractivity contribution in [2.45, 2.75) is 0 Å². The van der Waals surface area contributed by atoms with Gasteiger partial charge in [0.2, 0.25) is 0 Å². The third-order valence-electron chi connectivity index (χ3n) is 9.39. The number of furan rings is 1. The smallest absolute Gasteiger partial charge is 0.143 e. The molecule has 10 aromatic rings. The van der Waals surface area contributed by atoms with Crippen LogP contribution in [0.15, 0.2) is 174 Å². The van der Waals surface area contributed by atoms with E-state index in [-0.39, 0.29) is 47.0 Å². The zero-order chi connectivity index (χ0) is 36.1. The summed E-state index contributed by atoms with van der Waals surface area (Å²) in [5.41, 5.74) is 5.56. The van der Waals surface area contributed by atoms with Crippen LogP contribution in [0.4, 0.5) is 0 Å². The van der Waals surface area contributed by atoms with E-state index in [9.17, 15) is 4.11 Å². The first-order chi connectivity index (χ1) is 25.8. The van der Waals surface area contributed by atoms with E-state index in [1.54, 1.807) is 0 Å². The molecular weight excluding hydrogens is 569 g/mol. The second kappa shape index (κ2) is 10.2. The average molecular weight is 603 g/mol. The van der Waals surface area contributed by atoms with Crippen LogP contribution in [-0.4, -0.2) is 0 Å². The highest BCUT2D eigenvalue weighted by molar-refractivity contribution is 6.25. The Hall–Kier alpha value is -6.18. The van der Waals surface area contributed by atoms with Crippen molar-refractivity contribution >= 4 is 65.0 Å². The molecule has 0 unspecified atom stereocenters. The van der Waals surface area contributed by atoms with Crippen molar-refractivity contribution in [3.63, 3.8) is 0 Å². The van der Waals surface area contributed by atoms with Gasteiger partial charge in [0.1, 0.15) is 11.2 Å². The first kappa shape index (κ1) is 20.8. The molecule has 0 amide bonds. The maximum absolute atomic E-state index is 9.62. The topological polar surface area (TPSA) is 13.1 Å². The van der Waals surface area contributed by atoms with Gasteiger partial charge in [-0.15, -0.1) is 0 Å². The average Bonchev–Trinajstić information content (AvgIpc) is 3.58. The summed E-state index contributed by atoms with van der Waals surface area (Å²) in [4.78, 5) is 0. The van der Waals surface area contributed by atoms with Crippen LogP contribution in [-0.2, 0) is 0 Å². The molecule has 1 heteroatoms. The van der Waals surface area contributed by atoms with Gasteiger partial charge in [-0.2, -0.15) is 0 Å². The van der Waals surface area contributed by atoms with Crippen LogP contribution in [0.2, 0.25) is 0 Å². The monoisotopic (exact) mass is 602 g/mol. The van der Waals surface area contributed by atoms with Crippen molar-refractivity contribution in [3.05, 3.63) is 170 Å². The van der Waals surface area contributed by atoms with Crippen molar-refractivity contribution in [3.8, 4) is 33.4 Å². The lowest BCUT2D eigenvalue weighted by atomic mass is 9.83. The van der Waals surface area contributed by atoms with E-state index >= 15 is 0 Å². The molecule has 0 bridgehead atoms. The second-order valence-electron chi connectivity index (χ2n) is 11.9. The minimum absolute atomic E-state index is 0.0919. The molecule has 0 fully saturated rings. The fraction of sp³-hybridized carbons (Fsp3) is 0. The van der Waals surface area contributed by atoms with Crippen LogP contribution < -0.4 is 0 Å². The molecular formula is C46H28O. The molecule has 47 heavy (non-hydrogen) atoms. The van der Waals surface area contributed by atoms with E-state index in [1.807, 2.05) is 84.9 Å². The van der Waals surface area contributed by atoms with Crippen LogP contribution in [0.25, 0.3) is 98.4 Å². The molecule has 1 nitrogen and oxygen atoms in total. The van der Waals surface area contributed by atoms with Crippen LogP contribution in [0.5, 0.6) is 0 Å². The molecule has 0 spiro atoms. The Morgan fingerprint density at radius 2 is 0.979 bits per heavy atom. The van der Waals surface area contributed by atoms with Crippen molar-refractivity contribution in [2.24, 2.45) is 0 Å². The molecule has 9 aromatic carbocycles. The number of rotatable bonds is 3. The van der Waals surface area contributed by atoms with Crippen molar-refractivity contribution in [1.82, 2.24) is 0 Å². The predicted octanol–water partition coefficient (Wildman–Crippen LogP) is 13.2. The summed E-state index contributed by atoms with van der Waals surface area (Å²) in [6.45, 7) is 0. The van der Waals surface area contributed by atoms with Crippen LogP contribution in [0, 0.1) is 0 Å². The van der Waals surface area contributed by atoms with Crippen LogP contribution in [0.3, 0.4) is 0 Å². The minimum atomic E-state index is -0.376. The maximum Gasteiger partial charge on any atom is 0.143 e. The van der Waals surface area contributed by atoms with Gasteiger partial charge in [0.25, 0.3) is 0 Å². The van der Waals surface area contributed by atoms with E-state index < -0.39 is 0 Å². The lowest BCUT2D eigenvalue weighted by molar-refractivity contribution is 0.672. The standard InChI is InChI=1S/C46H28O/c1-2-12-29(13-3-1)32-25-26-40(35-17-7-6-16-34(32)35)45-38-20-10-8-18-36(38)44(37-19-9-11-21-39(37)45)31-23-27-43-42(28-31)41-24-22-30-14-4-5-15-33(30)46(41)47-43/h1-28H/i6D,7D,16D,17D,25D,26D. The Kier molecular flexibility index (Phi) is 4.49. The highest BCUT2D eigenvalue weighted by atomic mass is 16.3. The fourth-order valence-corrected chi connectivity index (χ4v) is 7.32. The van der Waals surface area contributed by atoms with E-state index in [1.165, 1.54) is 0 Å². The Bertz CT molecular complexity index is 3130. The molecule has 0 N–H and O–H groups in total. The Morgan fingerprint density at radius 3 is 1.70 bits per heavy atom. The van der Waals surface area contributed by atoms with Crippen LogP contribution in [0.1, 0.15) is 8.22 Å². The van der Waals surface area contributed by atoms with Gasteiger partial charge in [0, 0.05) is 16.2 Å². The summed E-state index contributed by atoms with van der Waals surface area (Å²) in [5, 5.41) is 8.17. The van der Waals surface area contributed by atoms with E-state index in [0.717, 1.165) is 65.4 Å². The van der Waals surface area contributed by atoms with Crippen molar-refractivity contribution in [2.75, 3.05) is 0 Å². The molecule has 0 radical (unpaired) electrons. The molecule has 0 aliphatic rings. The Morgan fingerprint density at radius 1 is 0.383 bits per heavy atom. The van der Waals surface area contributed by atoms with E-state index in [4.69, 9.17) is 8.53 Å². The molecule has 0 aliphatic heterocycles. The summed E-state index contributed by atoms with van der Waals surface area (Å²) < 4.78 is 61.3. The van der Waals surface area contributed by atoms with Crippen molar-refractivity contribution < 1.29 is 12.6 Å². The number of hydrogen-bond acceptors (Lipinski definition) is 1. The molecule has 0 aliphatic carbocycles. The molecule has 10 rings (SSSR count). The molecule has 1 aromatic heterocycles. The summed E-state index contributed by atoms with van der Waals surface area (Å²) in [6.07, 6.45) is 0. The number of hydrogen-bond donors (Lipinski definition) is 0. The van der Waals surface area contributed by atoms with Gasteiger partial charge >= 0.3 is 0 Å². The lowest BCUT2D eigenvalue weighted by Gasteiger charge is -2.19. The highest BCUT2D eigenvalue weighted by Crippen LogP contribution is 2.47. The van der Waals surface area contributed by atoms with Gasteiger partial charge in [0.05, 0.1) is 8.22 Å². The molecule has 0 atom stereocenters. The summed E-state index contributed by atoms with van der Waals surface area (Å²) in [5.74, 6) is 0. The highest BCUT2D eigenvalue weighted by Gasteiger charge is 2.20. The second-order valence-corrected chi connectivity index (χ2v) is 11.9. The molecule has 218 valence electrons. The first-order valence-corrected chi connectivity index (χ1v) is 15.7. The molecule has 1 heterocycles. The summed E-state index contributed by atoms with van der Waals surface area (Å²) in [6, 6.07) is 42.5. The fourth-order valence-electron chi connectivity index (χ4n) is 7.32. The van der Waals surface area contributed by atoms with Crippen molar-refractivity contribution in [1.29, 1.82) is 0 Å². The Balaban J connectivity index is 1.34.